The Balaban J connectivity index is 2.75. The Morgan fingerprint density at radius 1 is 1.46 bits per heavy atom. The molecule has 0 atom stereocenters. The summed E-state index contributed by atoms with van der Waals surface area (Å²) in [4.78, 5) is 0. The van der Waals surface area contributed by atoms with Crippen molar-refractivity contribution in [3.8, 4) is 5.75 Å². The Labute approximate surface area is 88.4 Å². The van der Waals surface area contributed by atoms with E-state index in [0.717, 1.165) is 15.9 Å². The number of hydrogen-bond acceptors (Lipinski definition) is 2. The zero-order valence-corrected chi connectivity index (χ0v) is 9.13. The molecule has 0 aliphatic heterocycles. The standard InChI is InChI=1S/C8H6BrClN2O/c1-13-6-2-5-3-7(9)11-12(5)8(10)4-6/h2-4H,1H3. The molecule has 5 heteroatoms. The number of nitrogens with zero attached hydrogens (tertiary/aromatic N) is 2. The molecule has 0 saturated carbocycles. The van der Waals surface area contributed by atoms with Gasteiger partial charge in [-0.15, -0.1) is 0 Å². The minimum Gasteiger partial charge on any atom is -0.497 e. The summed E-state index contributed by atoms with van der Waals surface area (Å²) in [5.74, 6) is 0.727. The smallest absolute Gasteiger partial charge is 0.135 e. The van der Waals surface area contributed by atoms with Gasteiger partial charge >= 0.3 is 0 Å². The predicted octanol–water partition coefficient (Wildman–Crippen LogP) is 2.76. The zero-order valence-electron chi connectivity index (χ0n) is 6.79. The largest absolute Gasteiger partial charge is 0.497 e. The molecule has 68 valence electrons. The third-order valence-electron chi connectivity index (χ3n) is 1.70. The van der Waals surface area contributed by atoms with E-state index in [1.807, 2.05) is 12.1 Å². The van der Waals surface area contributed by atoms with Gasteiger partial charge in [0.1, 0.15) is 15.5 Å². The highest BCUT2D eigenvalue weighted by Gasteiger charge is 2.04. The molecule has 0 radical (unpaired) electrons. The second-order valence-corrected chi connectivity index (χ2v) is 3.72. The van der Waals surface area contributed by atoms with E-state index >= 15 is 0 Å². The van der Waals surface area contributed by atoms with Crippen LogP contribution in [0.4, 0.5) is 0 Å². The van der Waals surface area contributed by atoms with E-state index < -0.39 is 0 Å². The maximum absolute atomic E-state index is 5.95. The lowest BCUT2D eigenvalue weighted by atomic mass is 10.4. The van der Waals surface area contributed by atoms with Crippen molar-refractivity contribution in [3.05, 3.63) is 28.0 Å². The van der Waals surface area contributed by atoms with Gasteiger partial charge in [-0.1, -0.05) is 11.6 Å². The van der Waals surface area contributed by atoms with Crippen LogP contribution in [0.1, 0.15) is 0 Å². The maximum Gasteiger partial charge on any atom is 0.135 e. The van der Waals surface area contributed by atoms with E-state index in [9.17, 15) is 0 Å². The summed E-state index contributed by atoms with van der Waals surface area (Å²) in [5, 5.41) is 4.66. The average Bonchev–Trinajstić information content (AvgIpc) is 2.46. The van der Waals surface area contributed by atoms with Gasteiger partial charge in [-0.2, -0.15) is 5.10 Å². The third-order valence-corrected chi connectivity index (χ3v) is 2.35. The summed E-state index contributed by atoms with van der Waals surface area (Å²) >= 11 is 9.23. The van der Waals surface area contributed by atoms with Gasteiger partial charge in [-0.05, 0) is 22.0 Å². The molecule has 0 aliphatic carbocycles. The predicted molar refractivity (Wildman–Crippen MR) is 54.5 cm³/mol. The van der Waals surface area contributed by atoms with Crippen LogP contribution < -0.4 is 4.74 Å². The summed E-state index contributed by atoms with van der Waals surface area (Å²) in [6.07, 6.45) is 0. The van der Waals surface area contributed by atoms with E-state index in [-0.39, 0.29) is 0 Å². The van der Waals surface area contributed by atoms with Gasteiger partial charge < -0.3 is 4.74 Å². The highest BCUT2D eigenvalue weighted by Crippen LogP contribution is 2.23. The topological polar surface area (TPSA) is 26.5 Å². The van der Waals surface area contributed by atoms with Crippen molar-refractivity contribution in [2.75, 3.05) is 7.11 Å². The van der Waals surface area contributed by atoms with Crippen molar-refractivity contribution in [1.29, 1.82) is 0 Å². The number of aromatic nitrogens is 2. The van der Waals surface area contributed by atoms with Crippen LogP contribution in [-0.4, -0.2) is 16.7 Å². The minimum atomic E-state index is 0.528. The molecule has 2 heterocycles. The normalized spacial score (nSPS) is 10.7. The van der Waals surface area contributed by atoms with Crippen LogP contribution in [0.15, 0.2) is 22.8 Å². The fourth-order valence-electron chi connectivity index (χ4n) is 1.12. The number of rotatable bonds is 1. The summed E-state index contributed by atoms with van der Waals surface area (Å²) < 4.78 is 7.46. The van der Waals surface area contributed by atoms with E-state index in [1.165, 1.54) is 0 Å². The molecule has 0 aromatic carbocycles. The van der Waals surface area contributed by atoms with Crippen molar-refractivity contribution < 1.29 is 4.74 Å². The van der Waals surface area contributed by atoms with Crippen molar-refractivity contribution in [2.24, 2.45) is 0 Å². The molecule has 0 saturated heterocycles. The first kappa shape index (κ1) is 8.84. The van der Waals surface area contributed by atoms with Crippen molar-refractivity contribution in [3.63, 3.8) is 0 Å². The van der Waals surface area contributed by atoms with Gasteiger partial charge in [0.05, 0.1) is 12.6 Å². The molecule has 0 bridgehead atoms. The molecular formula is C8H6BrClN2O. The van der Waals surface area contributed by atoms with Gasteiger partial charge in [0, 0.05) is 12.1 Å². The summed E-state index contributed by atoms with van der Waals surface area (Å²) in [6.45, 7) is 0. The molecule has 0 unspecified atom stereocenters. The van der Waals surface area contributed by atoms with Crippen LogP contribution in [0.2, 0.25) is 5.15 Å². The number of pyridine rings is 1. The molecule has 2 aromatic heterocycles. The third kappa shape index (κ3) is 1.51. The molecule has 0 aliphatic rings. The van der Waals surface area contributed by atoms with E-state index in [1.54, 1.807) is 17.7 Å². The molecular weight excluding hydrogens is 255 g/mol. The molecule has 0 fully saturated rings. The van der Waals surface area contributed by atoms with Gasteiger partial charge in [0.15, 0.2) is 0 Å². The number of hydrogen-bond donors (Lipinski definition) is 0. The lowest BCUT2D eigenvalue weighted by Gasteiger charge is -2.01. The first-order chi connectivity index (χ1) is 6.20. The lowest BCUT2D eigenvalue weighted by molar-refractivity contribution is 0.414. The fraction of sp³-hybridized carbons (Fsp3) is 0.125. The Hall–Kier alpha value is -0.740. The zero-order chi connectivity index (χ0) is 9.42. The highest BCUT2D eigenvalue weighted by molar-refractivity contribution is 9.10. The Kier molecular flexibility index (Phi) is 2.17. The fourth-order valence-corrected chi connectivity index (χ4v) is 1.76. The maximum atomic E-state index is 5.95. The highest BCUT2D eigenvalue weighted by atomic mass is 79.9. The monoisotopic (exact) mass is 260 g/mol. The number of ether oxygens (including phenoxy) is 1. The second kappa shape index (κ2) is 3.20. The Morgan fingerprint density at radius 2 is 2.23 bits per heavy atom. The molecule has 0 amide bonds. The SMILES string of the molecule is COc1cc(Cl)n2nc(Br)cc2c1. The molecule has 0 N–H and O–H groups in total. The van der Waals surface area contributed by atoms with E-state index in [2.05, 4.69) is 21.0 Å². The van der Waals surface area contributed by atoms with Crippen molar-refractivity contribution >= 4 is 33.0 Å². The average molecular weight is 262 g/mol. The van der Waals surface area contributed by atoms with Crippen molar-refractivity contribution in [2.45, 2.75) is 0 Å². The summed E-state index contributed by atoms with van der Waals surface area (Å²) in [7, 11) is 1.60. The molecule has 0 spiro atoms. The van der Waals surface area contributed by atoms with Gasteiger partial charge in [0.25, 0.3) is 0 Å². The van der Waals surface area contributed by atoms with Gasteiger partial charge in [-0.25, -0.2) is 4.52 Å². The molecule has 3 nitrogen and oxygen atoms in total. The first-order valence-electron chi connectivity index (χ1n) is 3.59. The molecule has 13 heavy (non-hydrogen) atoms. The van der Waals surface area contributed by atoms with Gasteiger partial charge in [0.2, 0.25) is 0 Å². The Morgan fingerprint density at radius 3 is 2.92 bits per heavy atom. The van der Waals surface area contributed by atoms with E-state index in [4.69, 9.17) is 16.3 Å². The van der Waals surface area contributed by atoms with Crippen LogP contribution in [0.25, 0.3) is 5.52 Å². The number of methoxy groups -OCH3 is 1. The van der Waals surface area contributed by atoms with Crippen LogP contribution in [-0.2, 0) is 0 Å². The number of halogens is 2. The molecule has 2 rings (SSSR count). The Bertz CT molecular complexity index is 455. The van der Waals surface area contributed by atoms with Crippen LogP contribution >= 0.6 is 27.5 Å². The summed E-state index contributed by atoms with van der Waals surface area (Å²) in [5.41, 5.74) is 0.899. The minimum absolute atomic E-state index is 0.528. The second-order valence-electron chi connectivity index (χ2n) is 2.52. The van der Waals surface area contributed by atoms with Crippen LogP contribution in [0, 0.1) is 0 Å². The van der Waals surface area contributed by atoms with Crippen molar-refractivity contribution in [1.82, 2.24) is 9.61 Å². The van der Waals surface area contributed by atoms with Crippen LogP contribution in [0.3, 0.4) is 0 Å². The molecule has 2 aromatic rings. The first-order valence-corrected chi connectivity index (χ1v) is 4.76. The lowest BCUT2D eigenvalue weighted by Crippen LogP contribution is -1.91. The van der Waals surface area contributed by atoms with E-state index in [0.29, 0.717) is 5.15 Å². The number of fused-ring (bicyclic) bond motifs is 1. The van der Waals surface area contributed by atoms with Crippen LogP contribution in [0.5, 0.6) is 5.75 Å². The quantitative estimate of drug-likeness (QED) is 0.738. The summed E-state index contributed by atoms with van der Waals surface area (Å²) in [6, 6.07) is 5.45. The van der Waals surface area contributed by atoms with Gasteiger partial charge in [-0.3, -0.25) is 0 Å².